The second-order valence-corrected chi connectivity index (χ2v) is 3.45. The summed E-state index contributed by atoms with van der Waals surface area (Å²) in [5.74, 6) is -1.57. The molecule has 0 aliphatic rings. The zero-order valence-corrected chi connectivity index (χ0v) is 9.67. The molecule has 7 heteroatoms. The molecule has 0 aromatic heterocycles. The minimum Gasteiger partial charge on any atom is -0.478 e. The molecular weight excluding hydrogens is 258 g/mol. The number of benzene rings is 1. The van der Waals surface area contributed by atoms with E-state index < -0.39 is 34.9 Å². The molecule has 0 aliphatic heterocycles. The van der Waals surface area contributed by atoms with Crippen LogP contribution in [0.15, 0.2) is 12.1 Å². The Bertz CT molecular complexity index is 553. The van der Waals surface area contributed by atoms with Gasteiger partial charge in [0.25, 0.3) is 0 Å². The first-order valence-corrected chi connectivity index (χ1v) is 5.16. The Morgan fingerprint density at radius 1 is 1.32 bits per heavy atom. The van der Waals surface area contributed by atoms with Crippen molar-refractivity contribution >= 4 is 17.7 Å². The molecule has 0 unspecified atom stereocenters. The number of hydrogen-bond acceptors (Lipinski definition) is 2. The predicted octanol–water partition coefficient (Wildman–Crippen LogP) is 1.81. The summed E-state index contributed by atoms with van der Waals surface area (Å²) < 4.78 is 26.4. The van der Waals surface area contributed by atoms with Gasteiger partial charge in [0.1, 0.15) is 11.6 Å². The molecule has 3 N–H and O–H groups in total. The standard InChI is InChI=1S/C12H10F2N2O3/c1-2-3-4-15-12(19)16-10-5-7(11(17)18)8(13)6-9(10)14/h1,5-6H,3-4H2,(H,17,18)(H2,15,16,19). The van der Waals surface area contributed by atoms with Crippen LogP contribution in [0.4, 0.5) is 19.3 Å². The van der Waals surface area contributed by atoms with Crippen molar-refractivity contribution in [3.8, 4) is 12.3 Å². The zero-order chi connectivity index (χ0) is 14.4. The highest BCUT2D eigenvalue weighted by molar-refractivity contribution is 5.93. The van der Waals surface area contributed by atoms with Crippen LogP contribution in [0.5, 0.6) is 0 Å². The van der Waals surface area contributed by atoms with Crippen molar-refractivity contribution in [2.45, 2.75) is 6.42 Å². The minimum atomic E-state index is -1.56. The van der Waals surface area contributed by atoms with E-state index in [0.717, 1.165) is 0 Å². The Labute approximate surface area is 107 Å². The number of hydrogen-bond donors (Lipinski definition) is 3. The highest BCUT2D eigenvalue weighted by atomic mass is 19.1. The van der Waals surface area contributed by atoms with E-state index >= 15 is 0 Å². The molecule has 0 bridgehead atoms. The van der Waals surface area contributed by atoms with Gasteiger partial charge in [0.15, 0.2) is 0 Å². The topological polar surface area (TPSA) is 78.4 Å². The monoisotopic (exact) mass is 268 g/mol. The molecule has 0 radical (unpaired) electrons. The number of carbonyl (C=O) groups excluding carboxylic acids is 1. The van der Waals surface area contributed by atoms with Gasteiger partial charge in [-0.3, -0.25) is 0 Å². The molecule has 0 spiro atoms. The third-order valence-electron chi connectivity index (χ3n) is 2.09. The summed E-state index contributed by atoms with van der Waals surface area (Å²) in [7, 11) is 0. The highest BCUT2D eigenvalue weighted by Crippen LogP contribution is 2.19. The highest BCUT2D eigenvalue weighted by Gasteiger charge is 2.16. The molecule has 100 valence electrons. The third kappa shape index (κ3) is 3.96. The molecule has 0 saturated carbocycles. The van der Waals surface area contributed by atoms with Crippen LogP contribution in [0.25, 0.3) is 0 Å². The van der Waals surface area contributed by atoms with Crippen LogP contribution in [0, 0.1) is 24.0 Å². The van der Waals surface area contributed by atoms with Gasteiger partial charge in [-0.05, 0) is 6.07 Å². The van der Waals surface area contributed by atoms with E-state index in [0.29, 0.717) is 18.6 Å². The summed E-state index contributed by atoms with van der Waals surface area (Å²) in [5.41, 5.74) is -1.17. The molecule has 5 nitrogen and oxygen atoms in total. The Hall–Kier alpha value is -2.62. The molecular formula is C12H10F2N2O3. The van der Waals surface area contributed by atoms with Crippen molar-refractivity contribution in [2.24, 2.45) is 0 Å². The summed E-state index contributed by atoms with van der Waals surface area (Å²) in [6, 6.07) is 0.325. The lowest BCUT2D eigenvalue weighted by Gasteiger charge is -2.08. The van der Waals surface area contributed by atoms with E-state index in [2.05, 4.69) is 16.6 Å². The summed E-state index contributed by atoms with van der Waals surface area (Å²) >= 11 is 0. The fourth-order valence-corrected chi connectivity index (χ4v) is 1.22. The lowest BCUT2D eigenvalue weighted by Crippen LogP contribution is -2.29. The number of aromatic carboxylic acids is 1. The minimum absolute atomic E-state index is 0.178. The molecule has 0 atom stereocenters. The quantitative estimate of drug-likeness (QED) is 0.575. The van der Waals surface area contributed by atoms with Gasteiger partial charge < -0.3 is 15.7 Å². The van der Waals surface area contributed by atoms with Crippen LogP contribution in [0.1, 0.15) is 16.8 Å². The maximum Gasteiger partial charge on any atom is 0.338 e. The zero-order valence-electron chi connectivity index (χ0n) is 9.67. The maximum absolute atomic E-state index is 13.3. The number of rotatable bonds is 4. The number of halogens is 2. The van der Waals surface area contributed by atoms with Crippen LogP contribution < -0.4 is 10.6 Å². The van der Waals surface area contributed by atoms with Gasteiger partial charge in [-0.2, -0.15) is 0 Å². The maximum atomic E-state index is 13.3. The summed E-state index contributed by atoms with van der Waals surface area (Å²) in [4.78, 5) is 22.0. The van der Waals surface area contributed by atoms with Crippen LogP contribution >= 0.6 is 0 Å². The molecule has 0 heterocycles. The Morgan fingerprint density at radius 2 is 2.00 bits per heavy atom. The van der Waals surface area contributed by atoms with Crippen molar-refractivity contribution < 1.29 is 23.5 Å². The number of carboxylic acid groups (broad SMARTS) is 1. The number of carbonyl (C=O) groups is 2. The summed E-state index contributed by atoms with van der Waals surface area (Å²) in [5, 5.41) is 13.1. The normalized spacial score (nSPS) is 9.53. The lowest BCUT2D eigenvalue weighted by molar-refractivity contribution is 0.0692. The van der Waals surface area contributed by atoms with Crippen molar-refractivity contribution in [3.63, 3.8) is 0 Å². The first-order valence-electron chi connectivity index (χ1n) is 5.16. The van der Waals surface area contributed by atoms with E-state index in [1.165, 1.54) is 0 Å². The van der Waals surface area contributed by atoms with Crippen LogP contribution in [-0.4, -0.2) is 23.7 Å². The van der Waals surface area contributed by atoms with E-state index in [1.54, 1.807) is 0 Å². The smallest absolute Gasteiger partial charge is 0.338 e. The van der Waals surface area contributed by atoms with Gasteiger partial charge >= 0.3 is 12.0 Å². The first-order chi connectivity index (χ1) is 8.95. The van der Waals surface area contributed by atoms with Crippen molar-refractivity contribution in [2.75, 3.05) is 11.9 Å². The fourth-order valence-electron chi connectivity index (χ4n) is 1.22. The average molecular weight is 268 g/mol. The van der Waals surface area contributed by atoms with Gasteiger partial charge in [-0.15, -0.1) is 12.3 Å². The molecule has 1 aromatic rings. The summed E-state index contributed by atoms with van der Waals surface area (Å²) in [6.45, 7) is 0.178. The number of urea groups is 1. The number of carboxylic acids is 1. The van der Waals surface area contributed by atoms with Gasteiger partial charge in [0.05, 0.1) is 11.3 Å². The van der Waals surface area contributed by atoms with Crippen molar-refractivity contribution in [1.82, 2.24) is 5.32 Å². The second kappa shape index (κ2) is 6.35. The number of amides is 2. The Kier molecular flexibility index (Phi) is 4.83. The molecule has 0 saturated heterocycles. The SMILES string of the molecule is C#CCCNC(=O)Nc1cc(C(=O)O)c(F)cc1F. The number of nitrogens with one attached hydrogen (secondary N) is 2. The Balaban J connectivity index is 2.84. The van der Waals surface area contributed by atoms with Crippen molar-refractivity contribution in [1.29, 1.82) is 0 Å². The van der Waals surface area contributed by atoms with Crippen LogP contribution in [0.2, 0.25) is 0 Å². The van der Waals surface area contributed by atoms with Crippen molar-refractivity contribution in [3.05, 3.63) is 29.3 Å². The summed E-state index contributed by atoms with van der Waals surface area (Å²) in [6.07, 6.45) is 5.26. The molecule has 2 amide bonds. The molecule has 0 fully saturated rings. The molecule has 1 rings (SSSR count). The number of anilines is 1. The average Bonchev–Trinajstić information content (AvgIpc) is 2.32. The van der Waals surface area contributed by atoms with Gasteiger partial charge in [0, 0.05) is 19.0 Å². The van der Waals surface area contributed by atoms with Crippen LogP contribution in [0.3, 0.4) is 0 Å². The van der Waals surface area contributed by atoms with E-state index in [4.69, 9.17) is 11.5 Å². The number of terminal acetylenes is 1. The van der Waals surface area contributed by atoms with Gasteiger partial charge in [-0.25, -0.2) is 18.4 Å². The van der Waals surface area contributed by atoms with Crippen LogP contribution in [-0.2, 0) is 0 Å². The largest absolute Gasteiger partial charge is 0.478 e. The van der Waals surface area contributed by atoms with E-state index in [-0.39, 0.29) is 6.54 Å². The Morgan fingerprint density at radius 3 is 2.58 bits per heavy atom. The van der Waals surface area contributed by atoms with E-state index in [1.807, 2.05) is 0 Å². The van der Waals surface area contributed by atoms with Gasteiger partial charge in [-0.1, -0.05) is 0 Å². The second-order valence-electron chi connectivity index (χ2n) is 3.45. The van der Waals surface area contributed by atoms with Gasteiger partial charge in [0.2, 0.25) is 0 Å². The predicted molar refractivity (Wildman–Crippen MR) is 63.8 cm³/mol. The molecule has 1 aromatic carbocycles. The molecule has 19 heavy (non-hydrogen) atoms. The first kappa shape index (κ1) is 14.4. The fraction of sp³-hybridized carbons (Fsp3) is 0.167. The molecule has 0 aliphatic carbocycles. The third-order valence-corrected chi connectivity index (χ3v) is 2.09. The lowest BCUT2D eigenvalue weighted by atomic mass is 10.2. The van der Waals surface area contributed by atoms with E-state index in [9.17, 15) is 18.4 Å².